The highest BCUT2D eigenvalue weighted by Gasteiger charge is 2.01. The van der Waals surface area contributed by atoms with Crippen molar-refractivity contribution in [1.29, 1.82) is 0 Å². The molecule has 0 aliphatic carbocycles. The Balaban J connectivity index is 2.64. The Hall–Kier alpha value is -1.91. The van der Waals surface area contributed by atoms with Crippen LogP contribution >= 0.6 is 0 Å². The van der Waals surface area contributed by atoms with Gasteiger partial charge in [0.2, 0.25) is 5.43 Å². The molecular weight excluding hydrogens is 168 g/mol. The molecule has 0 saturated carbocycles. The normalized spacial score (nSPS) is 10.2. The van der Waals surface area contributed by atoms with E-state index in [0.29, 0.717) is 5.69 Å². The summed E-state index contributed by atoms with van der Waals surface area (Å²) in [6, 6.07) is 1.50. The van der Waals surface area contributed by atoms with Gasteiger partial charge in [-0.25, -0.2) is 9.67 Å². The molecule has 2 aromatic heterocycles. The molecule has 0 fully saturated rings. The Bertz CT molecular complexity index is 457. The topological polar surface area (TPSA) is 52.7 Å². The molecule has 0 unspecified atom stereocenters. The summed E-state index contributed by atoms with van der Waals surface area (Å²) in [5.74, 6) is 0. The van der Waals surface area contributed by atoms with Crippen molar-refractivity contribution < 1.29 is 0 Å². The summed E-state index contributed by atoms with van der Waals surface area (Å²) in [5.41, 5.74) is 0.436. The number of hydrogen-bond acceptors (Lipinski definition) is 3. The second kappa shape index (κ2) is 2.85. The van der Waals surface area contributed by atoms with Crippen LogP contribution in [0.25, 0.3) is 5.69 Å². The van der Waals surface area contributed by atoms with Crippen molar-refractivity contribution in [2.45, 2.75) is 0 Å². The van der Waals surface area contributed by atoms with E-state index in [1.54, 1.807) is 17.0 Å². The van der Waals surface area contributed by atoms with Gasteiger partial charge in [0.15, 0.2) is 0 Å². The summed E-state index contributed by atoms with van der Waals surface area (Å²) in [6.07, 6.45) is 6.29. The third-order valence-electron chi connectivity index (χ3n) is 1.70. The zero-order valence-electron chi connectivity index (χ0n) is 7.08. The number of pyridine rings is 1. The quantitative estimate of drug-likeness (QED) is 0.613. The zero-order valence-corrected chi connectivity index (χ0v) is 7.08. The first-order valence-electron chi connectivity index (χ1n) is 3.78. The Morgan fingerprint density at radius 1 is 1.46 bits per heavy atom. The average Bonchev–Trinajstić information content (AvgIpc) is 2.61. The van der Waals surface area contributed by atoms with Crippen molar-refractivity contribution in [3.05, 3.63) is 41.3 Å². The predicted molar refractivity (Wildman–Crippen MR) is 46.6 cm³/mol. The van der Waals surface area contributed by atoms with E-state index in [2.05, 4.69) is 10.1 Å². The largest absolute Gasteiger partial charge is 0.355 e. The highest BCUT2D eigenvalue weighted by Crippen LogP contribution is 1.95. The number of hydrogen-bond donors (Lipinski definition) is 0. The van der Waals surface area contributed by atoms with Crippen LogP contribution in [0.5, 0.6) is 0 Å². The molecule has 0 aliphatic rings. The molecule has 0 N–H and O–H groups in total. The van der Waals surface area contributed by atoms with Gasteiger partial charge in [0.1, 0.15) is 18.3 Å². The van der Waals surface area contributed by atoms with E-state index < -0.39 is 0 Å². The van der Waals surface area contributed by atoms with Crippen LogP contribution in [0.2, 0.25) is 0 Å². The van der Waals surface area contributed by atoms with E-state index >= 15 is 0 Å². The number of nitrogens with zero attached hydrogens (tertiary/aromatic N) is 4. The van der Waals surface area contributed by atoms with E-state index in [1.165, 1.54) is 23.4 Å². The van der Waals surface area contributed by atoms with E-state index in [9.17, 15) is 4.79 Å². The molecule has 0 aliphatic heterocycles. The van der Waals surface area contributed by atoms with Gasteiger partial charge in [-0.15, -0.1) is 0 Å². The van der Waals surface area contributed by atoms with E-state index in [-0.39, 0.29) is 5.43 Å². The lowest BCUT2D eigenvalue weighted by atomic mass is 10.4. The van der Waals surface area contributed by atoms with Crippen LogP contribution < -0.4 is 5.43 Å². The number of aromatic nitrogens is 4. The van der Waals surface area contributed by atoms with Gasteiger partial charge in [-0.1, -0.05) is 0 Å². The Morgan fingerprint density at radius 3 is 3.00 bits per heavy atom. The molecule has 0 spiro atoms. The van der Waals surface area contributed by atoms with Gasteiger partial charge in [0.25, 0.3) is 0 Å². The predicted octanol–water partition coefficient (Wildman–Crippen LogP) is -0.0340. The van der Waals surface area contributed by atoms with Crippen molar-refractivity contribution >= 4 is 0 Å². The van der Waals surface area contributed by atoms with Crippen molar-refractivity contribution in [3.63, 3.8) is 0 Å². The Kier molecular flexibility index (Phi) is 1.70. The standard InChI is InChI=1S/C8H8N4O/c1-11-3-2-8(13)7(4-11)12-6-9-5-10-12/h2-6H,1H3. The SMILES string of the molecule is Cn1ccc(=O)c(-n2cncn2)c1. The van der Waals surface area contributed by atoms with E-state index in [4.69, 9.17) is 0 Å². The summed E-state index contributed by atoms with van der Waals surface area (Å²) in [5, 5.41) is 3.88. The third-order valence-corrected chi connectivity index (χ3v) is 1.70. The molecule has 0 amide bonds. The van der Waals surface area contributed by atoms with Gasteiger partial charge in [-0.2, -0.15) is 5.10 Å². The minimum absolute atomic E-state index is 0.0661. The van der Waals surface area contributed by atoms with Crippen LogP contribution in [0.4, 0.5) is 0 Å². The molecule has 2 heterocycles. The van der Waals surface area contributed by atoms with Gasteiger partial charge in [-0.3, -0.25) is 4.79 Å². The van der Waals surface area contributed by atoms with Crippen LogP contribution in [0, 0.1) is 0 Å². The molecule has 66 valence electrons. The molecule has 0 bridgehead atoms. The van der Waals surface area contributed by atoms with Crippen LogP contribution in [-0.4, -0.2) is 19.3 Å². The van der Waals surface area contributed by atoms with Crippen molar-refractivity contribution in [2.24, 2.45) is 7.05 Å². The summed E-state index contributed by atoms with van der Waals surface area (Å²) in [7, 11) is 1.85. The van der Waals surface area contributed by atoms with Crippen LogP contribution in [-0.2, 0) is 7.05 Å². The van der Waals surface area contributed by atoms with Crippen molar-refractivity contribution in [1.82, 2.24) is 19.3 Å². The van der Waals surface area contributed by atoms with Crippen molar-refractivity contribution in [3.8, 4) is 5.69 Å². The first-order chi connectivity index (χ1) is 6.27. The minimum atomic E-state index is -0.0661. The number of aryl methyl sites for hydroxylation is 1. The summed E-state index contributed by atoms with van der Waals surface area (Å²) in [4.78, 5) is 15.1. The fourth-order valence-electron chi connectivity index (χ4n) is 1.07. The smallest absolute Gasteiger partial charge is 0.207 e. The summed E-state index contributed by atoms with van der Waals surface area (Å²) >= 11 is 0. The van der Waals surface area contributed by atoms with Crippen LogP contribution in [0.3, 0.4) is 0 Å². The average molecular weight is 176 g/mol. The van der Waals surface area contributed by atoms with Crippen LogP contribution in [0.15, 0.2) is 35.9 Å². The summed E-state index contributed by atoms with van der Waals surface area (Å²) < 4.78 is 3.24. The molecule has 13 heavy (non-hydrogen) atoms. The molecule has 2 rings (SSSR count). The molecule has 5 nitrogen and oxygen atoms in total. The second-order valence-electron chi connectivity index (χ2n) is 2.70. The maximum atomic E-state index is 11.4. The molecule has 5 heteroatoms. The molecule has 0 radical (unpaired) electrons. The highest BCUT2D eigenvalue weighted by atomic mass is 16.1. The molecular formula is C8H8N4O. The Morgan fingerprint density at radius 2 is 2.31 bits per heavy atom. The zero-order chi connectivity index (χ0) is 9.26. The fraction of sp³-hybridized carbons (Fsp3) is 0.125. The lowest BCUT2D eigenvalue weighted by molar-refractivity contribution is 0.823. The first kappa shape index (κ1) is 7.72. The Labute approximate surface area is 74.3 Å². The monoisotopic (exact) mass is 176 g/mol. The van der Waals surface area contributed by atoms with Gasteiger partial charge in [-0.05, 0) is 0 Å². The molecule has 0 aromatic carbocycles. The van der Waals surface area contributed by atoms with E-state index in [0.717, 1.165) is 0 Å². The second-order valence-corrected chi connectivity index (χ2v) is 2.70. The van der Waals surface area contributed by atoms with Gasteiger partial charge < -0.3 is 4.57 Å². The molecule has 2 aromatic rings. The van der Waals surface area contributed by atoms with Gasteiger partial charge >= 0.3 is 0 Å². The lowest BCUT2D eigenvalue weighted by Gasteiger charge is -2.01. The maximum absolute atomic E-state index is 11.4. The summed E-state index contributed by atoms with van der Waals surface area (Å²) in [6.45, 7) is 0. The molecule has 0 saturated heterocycles. The maximum Gasteiger partial charge on any atom is 0.207 e. The third kappa shape index (κ3) is 1.35. The highest BCUT2D eigenvalue weighted by molar-refractivity contribution is 5.25. The van der Waals surface area contributed by atoms with E-state index in [1.807, 2.05) is 7.05 Å². The van der Waals surface area contributed by atoms with Gasteiger partial charge in [0.05, 0.1) is 0 Å². The van der Waals surface area contributed by atoms with Crippen molar-refractivity contribution in [2.75, 3.05) is 0 Å². The van der Waals surface area contributed by atoms with Gasteiger partial charge in [0, 0.05) is 25.5 Å². The van der Waals surface area contributed by atoms with Crippen LogP contribution in [0.1, 0.15) is 0 Å². The fourth-order valence-corrected chi connectivity index (χ4v) is 1.07. The minimum Gasteiger partial charge on any atom is -0.355 e. The first-order valence-corrected chi connectivity index (χ1v) is 3.78. The number of rotatable bonds is 1. The molecule has 0 atom stereocenters. The lowest BCUT2D eigenvalue weighted by Crippen LogP contribution is -2.12.